The Hall–Kier alpha value is -2.90. The number of amides is 1. The molecular formula is C15H19N5O3. The van der Waals surface area contributed by atoms with Crippen molar-refractivity contribution in [2.24, 2.45) is 0 Å². The van der Waals surface area contributed by atoms with E-state index < -0.39 is 12.0 Å². The summed E-state index contributed by atoms with van der Waals surface area (Å²) >= 11 is 0. The zero-order valence-electron chi connectivity index (χ0n) is 13.5. The smallest absolute Gasteiger partial charge is 0.362 e. The van der Waals surface area contributed by atoms with E-state index in [0.29, 0.717) is 5.69 Å². The maximum absolute atomic E-state index is 12.4. The number of anilines is 2. The van der Waals surface area contributed by atoms with E-state index in [-0.39, 0.29) is 17.4 Å². The van der Waals surface area contributed by atoms with Gasteiger partial charge in [-0.1, -0.05) is 17.3 Å². The first-order valence-corrected chi connectivity index (χ1v) is 7.02. The number of ether oxygens (including phenoxy) is 1. The van der Waals surface area contributed by atoms with E-state index in [1.165, 1.54) is 11.8 Å². The third-order valence-corrected chi connectivity index (χ3v) is 3.51. The summed E-state index contributed by atoms with van der Waals surface area (Å²) in [6, 6.07) is 5.03. The lowest BCUT2D eigenvalue weighted by molar-refractivity contribution is -0.119. The Kier molecular flexibility index (Phi) is 4.63. The maximum atomic E-state index is 12.4. The zero-order chi connectivity index (χ0) is 17.1. The van der Waals surface area contributed by atoms with Crippen LogP contribution in [0.3, 0.4) is 0 Å². The zero-order valence-corrected chi connectivity index (χ0v) is 13.5. The Morgan fingerprint density at radius 2 is 2.04 bits per heavy atom. The molecule has 2 aromatic rings. The first-order chi connectivity index (χ1) is 10.8. The van der Waals surface area contributed by atoms with Crippen molar-refractivity contribution in [3.05, 3.63) is 35.0 Å². The van der Waals surface area contributed by atoms with Crippen molar-refractivity contribution >= 4 is 23.4 Å². The van der Waals surface area contributed by atoms with E-state index in [9.17, 15) is 9.59 Å². The first-order valence-electron chi connectivity index (χ1n) is 7.02. The van der Waals surface area contributed by atoms with Gasteiger partial charge in [0.2, 0.25) is 11.6 Å². The molecule has 1 aromatic carbocycles. The number of aromatic nitrogens is 3. The largest absolute Gasteiger partial charge is 0.464 e. The van der Waals surface area contributed by atoms with Crippen LogP contribution in [0.1, 0.15) is 34.6 Å². The van der Waals surface area contributed by atoms with Crippen molar-refractivity contribution in [1.29, 1.82) is 0 Å². The molecule has 0 spiro atoms. The van der Waals surface area contributed by atoms with E-state index >= 15 is 0 Å². The minimum Gasteiger partial charge on any atom is -0.464 e. The highest BCUT2D eigenvalue weighted by atomic mass is 16.5. The van der Waals surface area contributed by atoms with Gasteiger partial charge in [-0.15, -0.1) is 5.10 Å². The van der Waals surface area contributed by atoms with Gasteiger partial charge < -0.3 is 15.8 Å². The molecule has 23 heavy (non-hydrogen) atoms. The van der Waals surface area contributed by atoms with Crippen LogP contribution in [-0.4, -0.2) is 34.0 Å². The number of benzene rings is 1. The summed E-state index contributed by atoms with van der Waals surface area (Å²) in [5.41, 5.74) is 8.40. The van der Waals surface area contributed by atoms with Crippen LogP contribution in [-0.2, 0) is 9.53 Å². The van der Waals surface area contributed by atoms with Crippen molar-refractivity contribution in [3.63, 3.8) is 0 Å². The summed E-state index contributed by atoms with van der Waals surface area (Å²) < 4.78 is 5.75. The Bertz CT molecular complexity index is 754. The number of aryl methyl sites for hydroxylation is 2. The quantitative estimate of drug-likeness (QED) is 0.826. The SMILES string of the molecule is COC(=O)c1nnn(C(C)C(=O)Nc2cc(C)ccc2C)c1N. The second kappa shape index (κ2) is 6.47. The van der Waals surface area contributed by atoms with Crippen LogP contribution in [0, 0.1) is 13.8 Å². The topological polar surface area (TPSA) is 112 Å². The van der Waals surface area contributed by atoms with E-state index in [2.05, 4.69) is 20.4 Å². The second-order valence-corrected chi connectivity index (χ2v) is 5.24. The number of carbonyl (C=O) groups is 2. The Morgan fingerprint density at radius 1 is 1.35 bits per heavy atom. The average Bonchev–Trinajstić information content (AvgIpc) is 2.91. The van der Waals surface area contributed by atoms with Crippen molar-refractivity contribution in [1.82, 2.24) is 15.0 Å². The highest BCUT2D eigenvalue weighted by molar-refractivity contribution is 5.95. The van der Waals surface area contributed by atoms with Crippen molar-refractivity contribution in [2.75, 3.05) is 18.2 Å². The third-order valence-electron chi connectivity index (χ3n) is 3.51. The molecule has 0 aliphatic heterocycles. The highest BCUT2D eigenvalue weighted by Gasteiger charge is 2.24. The number of rotatable bonds is 4. The predicted molar refractivity (Wildman–Crippen MR) is 85.0 cm³/mol. The molecule has 0 saturated heterocycles. The van der Waals surface area contributed by atoms with Gasteiger partial charge in [-0.25, -0.2) is 9.48 Å². The molecule has 3 N–H and O–H groups in total. The summed E-state index contributed by atoms with van der Waals surface area (Å²) in [5, 5.41) is 10.3. The number of nitrogens with zero attached hydrogens (tertiary/aromatic N) is 3. The molecule has 0 fully saturated rings. The summed E-state index contributed by atoms with van der Waals surface area (Å²) in [5.74, 6) is -1.02. The van der Waals surface area contributed by atoms with Gasteiger partial charge in [0, 0.05) is 5.69 Å². The average molecular weight is 317 g/mol. The number of nitrogen functional groups attached to an aromatic ring is 1. The third kappa shape index (κ3) is 3.31. The number of esters is 1. The van der Waals surface area contributed by atoms with Crippen LogP contribution in [0.25, 0.3) is 0 Å². The number of hydrogen-bond acceptors (Lipinski definition) is 6. The molecule has 1 aromatic heterocycles. The number of methoxy groups -OCH3 is 1. The number of nitrogens with one attached hydrogen (secondary N) is 1. The van der Waals surface area contributed by atoms with Gasteiger partial charge in [-0.05, 0) is 38.0 Å². The van der Waals surface area contributed by atoms with Gasteiger partial charge in [0.05, 0.1) is 7.11 Å². The highest BCUT2D eigenvalue weighted by Crippen LogP contribution is 2.20. The molecule has 1 atom stereocenters. The molecule has 2 rings (SSSR count). The molecule has 0 radical (unpaired) electrons. The monoisotopic (exact) mass is 317 g/mol. The van der Waals surface area contributed by atoms with Gasteiger partial charge >= 0.3 is 5.97 Å². The molecule has 0 aliphatic carbocycles. The molecule has 8 nitrogen and oxygen atoms in total. The van der Waals surface area contributed by atoms with Gasteiger partial charge in [-0.2, -0.15) is 0 Å². The van der Waals surface area contributed by atoms with Crippen LogP contribution in [0.2, 0.25) is 0 Å². The van der Waals surface area contributed by atoms with Crippen LogP contribution in [0.15, 0.2) is 18.2 Å². The summed E-state index contributed by atoms with van der Waals surface area (Å²) in [7, 11) is 1.22. The van der Waals surface area contributed by atoms with Crippen molar-refractivity contribution in [2.45, 2.75) is 26.8 Å². The summed E-state index contributed by atoms with van der Waals surface area (Å²) in [6.07, 6.45) is 0. The summed E-state index contributed by atoms with van der Waals surface area (Å²) in [6.45, 7) is 5.46. The van der Waals surface area contributed by atoms with Crippen molar-refractivity contribution in [3.8, 4) is 0 Å². The van der Waals surface area contributed by atoms with Crippen LogP contribution < -0.4 is 11.1 Å². The minimum atomic E-state index is -0.735. The van der Waals surface area contributed by atoms with Crippen molar-refractivity contribution < 1.29 is 14.3 Å². The summed E-state index contributed by atoms with van der Waals surface area (Å²) in [4.78, 5) is 23.9. The van der Waals surface area contributed by atoms with E-state index in [4.69, 9.17) is 5.73 Å². The Morgan fingerprint density at radius 3 is 2.70 bits per heavy atom. The van der Waals surface area contributed by atoms with Gasteiger partial charge in [0.15, 0.2) is 5.82 Å². The lowest BCUT2D eigenvalue weighted by Crippen LogP contribution is -2.26. The van der Waals surface area contributed by atoms with Gasteiger partial charge in [0.25, 0.3) is 0 Å². The normalized spacial score (nSPS) is 11.8. The first kappa shape index (κ1) is 16.5. The van der Waals surface area contributed by atoms with Gasteiger partial charge in [0.1, 0.15) is 6.04 Å². The Balaban J connectivity index is 2.22. The maximum Gasteiger partial charge on any atom is 0.362 e. The van der Waals surface area contributed by atoms with E-state index in [1.807, 2.05) is 32.0 Å². The fraction of sp³-hybridized carbons (Fsp3) is 0.333. The molecule has 1 amide bonds. The number of carbonyl (C=O) groups excluding carboxylic acids is 2. The molecule has 1 unspecified atom stereocenters. The van der Waals surface area contributed by atoms with E-state index in [1.54, 1.807) is 6.92 Å². The Labute approximate surface area is 133 Å². The van der Waals surface area contributed by atoms with Crippen LogP contribution >= 0.6 is 0 Å². The predicted octanol–water partition coefficient (Wildman–Crippen LogP) is 1.46. The van der Waals surface area contributed by atoms with E-state index in [0.717, 1.165) is 11.1 Å². The fourth-order valence-corrected chi connectivity index (χ4v) is 2.05. The fourth-order valence-electron chi connectivity index (χ4n) is 2.05. The number of nitrogens with two attached hydrogens (primary N) is 1. The molecule has 8 heteroatoms. The molecule has 122 valence electrons. The van der Waals surface area contributed by atoms with Crippen LogP contribution in [0.5, 0.6) is 0 Å². The lowest BCUT2D eigenvalue weighted by atomic mass is 10.1. The van der Waals surface area contributed by atoms with Crippen LogP contribution in [0.4, 0.5) is 11.5 Å². The minimum absolute atomic E-state index is 0.0135. The molecule has 0 bridgehead atoms. The lowest BCUT2D eigenvalue weighted by Gasteiger charge is -2.15. The number of hydrogen-bond donors (Lipinski definition) is 2. The standard InChI is InChI=1S/C15H19N5O3/c1-8-5-6-9(2)11(7-8)17-14(21)10(3)20-13(16)12(18-19-20)15(22)23-4/h5-7,10H,16H2,1-4H3,(H,17,21). The van der Waals surface area contributed by atoms with Gasteiger partial charge in [-0.3, -0.25) is 4.79 Å². The molecule has 0 saturated carbocycles. The second-order valence-electron chi connectivity index (χ2n) is 5.24. The molecular weight excluding hydrogens is 298 g/mol. The molecule has 1 heterocycles. The molecule has 0 aliphatic rings.